The maximum atomic E-state index is 11.3. The first-order chi connectivity index (χ1) is 11.2. The van der Waals surface area contributed by atoms with E-state index in [1.165, 1.54) is 14.2 Å². The fourth-order valence-electron chi connectivity index (χ4n) is 2.86. The van der Waals surface area contributed by atoms with Crippen molar-refractivity contribution in [1.82, 2.24) is 4.90 Å². The maximum Gasteiger partial charge on any atom is 0.306 e. The molecule has 23 heavy (non-hydrogen) atoms. The van der Waals surface area contributed by atoms with Gasteiger partial charge in [-0.05, 0) is 25.0 Å². The van der Waals surface area contributed by atoms with Gasteiger partial charge in [-0.3, -0.25) is 4.79 Å². The third-order valence-corrected chi connectivity index (χ3v) is 4.31. The minimum absolute atomic E-state index is 0.154. The van der Waals surface area contributed by atoms with Gasteiger partial charge in [0.2, 0.25) is 0 Å². The number of anilines is 1. The molecule has 0 amide bonds. The second-order valence-corrected chi connectivity index (χ2v) is 5.87. The van der Waals surface area contributed by atoms with Crippen LogP contribution in [0.3, 0.4) is 0 Å². The Bertz CT molecular complexity index is 473. The first-order valence-corrected chi connectivity index (χ1v) is 7.95. The number of rotatable bonds is 8. The molecule has 1 aromatic rings. The Kier molecular flexibility index (Phi) is 6.83. The topological polar surface area (TPSA) is 60.0 Å². The average molecular weight is 322 g/mol. The highest BCUT2D eigenvalue weighted by Gasteiger charge is 2.35. The molecule has 6 heteroatoms. The summed E-state index contributed by atoms with van der Waals surface area (Å²) < 4.78 is 4.70. The molecule has 0 aliphatic carbocycles. The molecule has 6 nitrogen and oxygen atoms in total. The van der Waals surface area contributed by atoms with Gasteiger partial charge in [-0.15, -0.1) is 0 Å². The van der Waals surface area contributed by atoms with Gasteiger partial charge in [-0.2, -0.15) is 0 Å². The number of nitrogens with zero attached hydrogens (tertiary/aromatic N) is 1. The van der Waals surface area contributed by atoms with Gasteiger partial charge in [-0.25, -0.2) is 9.78 Å². The molecule has 128 valence electrons. The van der Waals surface area contributed by atoms with E-state index < -0.39 is 0 Å². The Morgan fingerprint density at radius 1 is 1.22 bits per heavy atom. The van der Waals surface area contributed by atoms with Crippen LogP contribution in [0.2, 0.25) is 0 Å². The van der Waals surface area contributed by atoms with E-state index in [1.54, 1.807) is 0 Å². The van der Waals surface area contributed by atoms with Crippen LogP contribution in [0.15, 0.2) is 30.3 Å². The summed E-state index contributed by atoms with van der Waals surface area (Å²) in [4.78, 5) is 23.6. The number of nitrogens with one attached hydrogen (secondary N) is 1. The Balaban J connectivity index is 1.91. The SMILES string of the molecule is COOCC1(Nc2ccccc2)CCN(CCC(=O)OC)CC1. The van der Waals surface area contributed by atoms with Gasteiger partial charge < -0.3 is 15.0 Å². The summed E-state index contributed by atoms with van der Waals surface area (Å²) in [6.07, 6.45) is 2.28. The summed E-state index contributed by atoms with van der Waals surface area (Å²) >= 11 is 0. The molecular formula is C17H26N2O4. The molecule has 0 aromatic heterocycles. The first-order valence-electron chi connectivity index (χ1n) is 7.95. The lowest BCUT2D eigenvalue weighted by molar-refractivity contribution is -0.282. The van der Waals surface area contributed by atoms with E-state index in [2.05, 4.69) is 22.3 Å². The molecular weight excluding hydrogens is 296 g/mol. The standard InChI is InChI=1S/C17H26N2O4/c1-21-16(20)8-11-19-12-9-17(10-13-19,14-23-22-2)18-15-6-4-3-5-7-15/h3-7,18H,8-14H2,1-2H3. The number of para-hydroxylation sites is 1. The Morgan fingerprint density at radius 2 is 1.91 bits per heavy atom. The van der Waals surface area contributed by atoms with E-state index in [0.717, 1.165) is 38.2 Å². The minimum Gasteiger partial charge on any atom is -0.469 e. The Hall–Kier alpha value is -1.63. The second-order valence-electron chi connectivity index (χ2n) is 5.87. The number of piperidine rings is 1. The van der Waals surface area contributed by atoms with Crippen molar-refractivity contribution >= 4 is 11.7 Å². The highest BCUT2D eigenvalue weighted by molar-refractivity contribution is 5.69. The van der Waals surface area contributed by atoms with Crippen LogP contribution in [-0.2, 0) is 19.3 Å². The van der Waals surface area contributed by atoms with Crippen LogP contribution >= 0.6 is 0 Å². The first kappa shape index (κ1) is 17.7. The molecule has 0 spiro atoms. The molecule has 0 radical (unpaired) electrons. The highest BCUT2D eigenvalue weighted by Crippen LogP contribution is 2.27. The summed E-state index contributed by atoms with van der Waals surface area (Å²) in [6, 6.07) is 10.1. The third-order valence-electron chi connectivity index (χ3n) is 4.31. The van der Waals surface area contributed by atoms with E-state index in [4.69, 9.17) is 14.5 Å². The molecule has 1 aromatic carbocycles. The number of esters is 1. The van der Waals surface area contributed by atoms with Gasteiger partial charge in [0.1, 0.15) is 6.61 Å². The van der Waals surface area contributed by atoms with Crippen LogP contribution in [0.5, 0.6) is 0 Å². The molecule has 1 saturated heterocycles. The van der Waals surface area contributed by atoms with Gasteiger partial charge in [0, 0.05) is 25.3 Å². The van der Waals surface area contributed by atoms with Gasteiger partial charge in [0.05, 0.1) is 26.2 Å². The molecule has 0 bridgehead atoms. The van der Waals surface area contributed by atoms with Gasteiger partial charge in [0.15, 0.2) is 0 Å². The quantitative estimate of drug-likeness (QED) is 0.449. The van der Waals surface area contributed by atoms with Crippen LogP contribution in [0.1, 0.15) is 19.3 Å². The van der Waals surface area contributed by atoms with Crippen LogP contribution in [0.25, 0.3) is 0 Å². The second kappa shape index (κ2) is 8.86. The lowest BCUT2D eigenvalue weighted by Gasteiger charge is -2.42. The zero-order chi connectivity index (χ0) is 16.5. The number of hydrogen-bond donors (Lipinski definition) is 1. The largest absolute Gasteiger partial charge is 0.469 e. The fourth-order valence-corrected chi connectivity index (χ4v) is 2.86. The summed E-state index contributed by atoms with van der Waals surface area (Å²) in [5.41, 5.74) is 0.925. The summed E-state index contributed by atoms with van der Waals surface area (Å²) in [5.74, 6) is -0.160. The molecule has 1 aliphatic rings. The summed E-state index contributed by atoms with van der Waals surface area (Å²) in [6.45, 7) is 3.04. The predicted molar refractivity (Wildman–Crippen MR) is 88.1 cm³/mol. The zero-order valence-electron chi connectivity index (χ0n) is 13.9. The number of benzene rings is 1. The lowest BCUT2D eigenvalue weighted by atomic mass is 9.87. The van der Waals surface area contributed by atoms with Gasteiger partial charge in [-0.1, -0.05) is 18.2 Å². The van der Waals surface area contributed by atoms with Crippen LogP contribution in [-0.4, -0.2) is 56.9 Å². The zero-order valence-corrected chi connectivity index (χ0v) is 13.9. The van der Waals surface area contributed by atoms with E-state index in [9.17, 15) is 4.79 Å². The van der Waals surface area contributed by atoms with Crippen molar-refractivity contribution in [2.24, 2.45) is 0 Å². The van der Waals surface area contributed by atoms with E-state index in [1.807, 2.05) is 18.2 Å². The predicted octanol–water partition coefficient (Wildman–Crippen LogP) is 2.07. The molecule has 0 atom stereocenters. The number of methoxy groups -OCH3 is 1. The lowest BCUT2D eigenvalue weighted by Crippen LogP contribution is -2.52. The Morgan fingerprint density at radius 3 is 2.52 bits per heavy atom. The smallest absolute Gasteiger partial charge is 0.306 e. The molecule has 1 heterocycles. The normalized spacial score (nSPS) is 17.7. The van der Waals surface area contributed by atoms with Gasteiger partial charge >= 0.3 is 5.97 Å². The van der Waals surface area contributed by atoms with Crippen molar-refractivity contribution in [3.05, 3.63) is 30.3 Å². The molecule has 1 N–H and O–H groups in total. The maximum absolute atomic E-state index is 11.3. The van der Waals surface area contributed by atoms with Crippen molar-refractivity contribution in [3.63, 3.8) is 0 Å². The van der Waals surface area contributed by atoms with E-state index >= 15 is 0 Å². The number of likely N-dealkylation sites (tertiary alicyclic amines) is 1. The number of hydrogen-bond acceptors (Lipinski definition) is 6. The van der Waals surface area contributed by atoms with Crippen molar-refractivity contribution in [1.29, 1.82) is 0 Å². The monoisotopic (exact) mass is 322 g/mol. The van der Waals surface area contributed by atoms with Crippen molar-refractivity contribution in [3.8, 4) is 0 Å². The van der Waals surface area contributed by atoms with Gasteiger partial charge in [0.25, 0.3) is 0 Å². The van der Waals surface area contributed by atoms with Crippen LogP contribution < -0.4 is 5.32 Å². The third kappa shape index (κ3) is 5.49. The molecule has 0 saturated carbocycles. The minimum atomic E-state index is -0.160. The number of ether oxygens (including phenoxy) is 1. The number of carbonyl (C=O) groups is 1. The van der Waals surface area contributed by atoms with Crippen molar-refractivity contribution in [2.75, 3.05) is 45.8 Å². The molecule has 0 unspecified atom stereocenters. The van der Waals surface area contributed by atoms with E-state index in [0.29, 0.717) is 13.0 Å². The van der Waals surface area contributed by atoms with Crippen LogP contribution in [0.4, 0.5) is 5.69 Å². The summed E-state index contributed by atoms with van der Waals surface area (Å²) in [7, 11) is 2.96. The molecule has 1 aliphatic heterocycles. The highest BCUT2D eigenvalue weighted by atomic mass is 17.2. The average Bonchev–Trinajstić information content (AvgIpc) is 2.60. The van der Waals surface area contributed by atoms with Crippen molar-refractivity contribution < 1.29 is 19.3 Å². The fraction of sp³-hybridized carbons (Fsp3) is 0.588. The molecule has 2 rings (SSSR count). The van der Waals surface area contributed by atoms with Crippen molar-refractivity contribution in [2.45, 2.75) is 24.8 Å². The summed E-state index contributed by atoms with van der Waals surface area (Å²) in [5, 5.41) is 3.60. The number of carbonyl (C=O) groups excluding carboxylic acids is 1. The Labute approximate surface area is 137 Å². The molecule has 1 fully saturated rings. The van der Waals surface area contributed by atoms with Crippen LogP contribution in [0, 0.1) is 0 Å². The van der Waals surface area contributed by atoms with E-state index in [-0.39, 0.29) is 11.5 Å².